The van der Waals surface area contributed by atoms with E-state index in [1.54, 1.807) is 0 Å². The highest BCUT2D eigenvalue weighted by Gasteiger charge is 2.41. The summed E-state index contributed by atoms with van der Waals surface area (Å²) in [6.45, 7) is 18.9. The molecular weight excluding hydrogens is 196 g/mol. The molecule has 0 radical (unpaired) electrons. The fourth-order valence-electron chi connectivity index (χ4n) is 0.919. The van der Waals surface area contributed by atoms with E-state index in [0.717, 1.165) is 0 Å². The summed E-state index contributed by atoms with van der Waals surface area (Å²) in [7, 11) is -3.69. The number of hydrogen-bond donors (Lipinski definition) is 0. The van der Waals surface area contributed by atoms with Gasteiger partial charge in [0.2, 0.25) is 0 Å². The van der Waals surface area contributed by atoms with Gasteiger partial charge in [0.25, 0.3) is 0 Å². The second-order valence-electron chi connectivity index (χ2n) is 5.97. The van der Waals surface area contributed by atoms with Crippen molar-refractivity contribution in [1.29, 1.82) is 0 Å². The summed E-state index contributed by atoms with van der Waals surface area (Å²) in [6.07, 6.45) is 0. The summed E-state index contributed by atoms with van der Waals surface area (Å²) < 4.78 is 6.33. The predicted octanol–water partition coefficient (Wildman–Crippen LogP) is 3.46. The monoisotopic (exact) mass is 220 g/mol. The Bertz CT molecular complexity index is 153. The summed E-state index contributed by atoms with van der Waals surface area (Å²) in [6, 6.07) is 0. The van der Waals surface area contributed by atoms with Crippen LogP contribution in [-0.2, 0) is 4.12 Å². The summed E-state index contributed by atoms with van der Waals surface area (Å²) >= 11 is 0. The quantitative estimate of drug-likeness (QED) is 0.662. The topological polar surface area (TPSA) is 9.23 Å². The lowest BCUT2D eigenvalue weighted by molar-refractivity contribution is 0.570. The van der Waals surface area contributed by atoms with Crippen molar-refractivity contribution in [2.45, 2.75) is 52.4 Å². The summed E-state index contributed by atoms with van der Waals surface area (Å²) in [4.78, 5) is 0. The molecule has 0 spiro atoms. The van der Waals surface area contributed by atoms with Crippen LogP contribution in [0.1, 0.15) is 0 Å². The maximum Gasteiger partial charge on any atom is 0.170 e. The van der Waals surface area contributed by atoms with Crippen LogP contribution in [0.15, 0.2) is 0 Å². The first-order valence-corrected chi connectivity index (χ1v) is 15.5. The maximum absolute atomic E-state index is 6.33. The molecule has 12 heavy (non-hydrogen) atoms. The first kappa shape index (κ1) is 12.6. The molecule has 0 atom stereocenters. The second kappa shape index (κ2) is 3.40. The second-order valence-corrected chi connectivity index (χ2v) is 26.6. The van der Waals surface area contributed by atoms with E-state index in [-0.39, 0.29) is 0 Å². The van der Waals surface area contributed by atoms with Gasteiger partial charge in [-0.15, -0.1) is 0 Å². The Balaban J connectivity index is 4.44. The zero-order valence-electron chi connectivity index (χ0n) is 9.91. The largest absolute Gasteiger partial charge is 0.458 e. The third kappa shape index (κ3) is 4.02. The summed E-state index contributed by atoms with van der Waals surface area (Å²) in [5.74, 6) is 0. The smallest absolute Gasteiger partial charge is 0.170 e. The minimum atomic E-state index is -1.34. The van der Waals surface area contributed by atoms with Gasteiger partial charge in [-0.25, -0.2) is 0 Å². The Hall–Kier alpha value is 0.611. The molecule has 0 aromatic heterocycles. The van der Waals surface area contributed by atoms with Crippen LogP contribution in [0, 0.1) is 0 Å². The molecule has 4 heteroatoms. The Morgan fingerprint density at radius 3 is 1.08 bits per heavy atom. The van der Waals surface area contributed by atoms with Crippen LogP contribution in [0.5, 0.6) is 0 Å². The standard InChI is InChI=1S/C8H24OSi3/c1-10(2,3)9-12(7,8)11(4,5)6/h1-8H3. The molecular formula is C8H24OSi3. The van der Waals surface area contributed by atoms with Crippen LogP contribution in [-0.4, -0.2) is 23.7 Å². The van der Waals surface area contributed by atoms with E-state index in [9.17, 15) is 0 Å². The van der Waals surface area contributed by atoms with E-state index >= 15 is 0 Å². The third-order valence-electron chi connectivity index (χ3n) is 2.37. The van der Waals surface area contributed by atoms with Crippen molar-refractivity contribution in [2.24, 2.45) is 0 Å². The summed E-state index contributed by atoms with van der Waals surface area (Å²) in [5, 5.41) is 0. The van der Waals surface area contributed by atoms with Crippen LogP contribution >= 0.6 is 0 Å². The van der Waals surface area contributed by atoms with E-state index in [1.807, 2.05) is 0 Å². The van der Waals surface area contributed by atoms with Crippen molar-refractivity contribution < 1.29 is 4.12 Å². The molecule has 0 bridgehead atoms. The van der Waals surface area contributed by atoms with Crippen LogP contribution in [0.3, 0.4) is 0 Å². The SMILES string of the molecule is C[Si](C)(C)O[Si](C)(C)[Si](C)(C)C. The normalized spacial score (nSPS) is 15.0. The third-order valence-corrected chi connectivity index (χ3v) is 22.2. The van der Waals surface area contributed by atoms with Crippen molar-refractivity contribution in [1.82, 2.24) is 0 Å². The molecule has 0 aromatic carbocycles. The van der Waals surface area contributed by atoms with Crippen molar-refractivity contribution in [3.63, 3.8) is 0 Å². The van der Waals surface area contributed by atoms with Gasteiger partial charge in [-0.2, -0.15) is 0 Å². The van der Waals surface area contributed by atoms with E-state index in [2.05, 4.69) is 52.4 Å². The van der Waals surface area contributed by atoms with Gasteiger partial charge in [0.05, 0.1) is 7.59 Å². The van der Waals surface area contributed by atoms with Crippen LogP contribution in [0.25, 0.3) is 0 Å². The first-order valence-electron chi connectivity index (χ1n) is 4.66. The molecule has 0 aromatic rings. The first-order chi connectivity index (χ1) is 4.96. The molecule has 0 fully saturated rings. The fraction of sp³-hybridized carbons (Fsp3) is 1.00. The number of hydrogen-bond acceptors (Lipinski definition) is 1. The van der Waals surface area contributed by atoms with E-state index < -0.39 is 23.7 Å². The van der Waals surface area contributed by atoms with Gasteiger partial charge >= 0.3 is 0 Å². The molecule has 74 valence electrons. The highest BCUT2D eigenvalue weighted by atomic mass is 29.3. The van der Waals surface area contributed by atoms with Crippen LogP contribution < -0.4 is 0 Å². The number of rotatable bonds is 3. The minimum Gasteiger partial charge on any atom is -0.458 e. The lowest BCUT2D eigenvalue weighted by Crippen LogP contribution is -2.59. The Kier molecular flexibility index (Phi) is 3.57. The molecule has 0 N–H and O–H groups in total. The van der Waals surface area contributed by atoms with E-state index in [1.165, 1.54) is 0 Å². The summed E-state index contributed by atoms with van der Waals surface area (Å²) in [5.41, 5.74) is 0. The van der Waals surface area contributed by atoms with Gasteiger partial charge in [0, 0.05) is 0 Å². The van der Waals surface area contributed by atoms with Gasteiger partial charge in [-0.05, 0) is 32.7 Å². The van der Waals surface area contributed by atoms with Gasteiger partial charge < -0.3 is 4.12 Å². The van der Waals surface area contributed by atoms with Gasteiger partial charge in [0.15, 0.2) is 16.2 Å². The highest BCUT2D eigenvalue weighted by molar-refractivity contribution is 7.38. The molecule has 0 heterocycles. The highest BCUT2D eigenvalue weighted by Crippen LogP contribution is 2.23. The predicted molar refractivity (Wildman–Crippen MR) is 65.3 cm³/mol. The molecule has 0 saturated heterocycles. The minimum absolute atomic E-state index is 1.04. The molecule has 0 saturated carbocycles. The lowest BCUT2D eigenvalue weighted by atomic mass is 11.8. The maximum atomic E-state index is 6.33. The molecule has 0 aliphatic heterocycles. The molecule has 0 rings (SSSR count). The van der Waals surface area contributed by atoms with Crippen molar-refractivity contribution in [2.75, 3.05) is 0 Å². The van der Waals surface area contributed by atoms with Crippen LogP contribution in [0.2, 0.25) is 52.4 Å². The average Bonchev–Trinajstić information content (AvgIpc) is 1.52. The molecule has 0 aliphatic rings. The Morgan fingerprint density at radius 2 is 1.00 bits per heavy atom. The zero-order valence-corrected chi connectivity index (χ0v) is 12.9. The zero-order chi connectivity index (χ0) is 10.2. The van der Waals surface area contributed by atoms with Crippen LogP contribution in [0.4, 0.5) is 0 Å². The van der Waals surface area contributed by atoms with Crippen molar-refractivity contribution >= 4 is 23.7 Å². The Labute approximate surface area is 80.6 Å². The van der Waals surface area contributed by atoms with Crippen molar-refractivity contribution in [3.05, 3.63) is 0 Å². The van der Waals surface area contributed by atoms with Gasteiger partial charge in [0.1, 0.15) is 0 Å². The van der Waals surface area contributed by atoms with Crippen molar-refractivity contribution in [3.8, 4) is 0 Å². The Morgan fingerprint density at radius 1 is 0.667 bits per heavy atom. The molecule has 1 nitrogen and oxygen atoms in total. The van der Waals surface area contributed by atoms with E-state index in [0.29, 0.717) is 0 Å². The molecule has 0 unspecified atom stereocenters. The fourth-order valence-corrected chi connectivity index (χ4v) is 13.8. The van der Waals surface area contributed by atoms with Gasteiger partial charge in [-0.1, -0.05) is 19.6 Å². The lowest BCUT2D eigenvalue weighted by Gasteiger charge is -2.40. The van der Waals surface area contributed by atoms with E-state index in [4.69, 9.17) is 4.12 Å². The average molecular weight is 221 g/mol. The molecule has 0 aliphatic carbocycles. The molecule has 0 amide bonds. The van der Waals surface area contributed by atoms with Gasteiger partial charge in [-0.3, -0.25) is 0 Å².